The van der Waals surface area contributed by atoms with E-state index in [1.807, 2.05) is 47.7 Å². The predicted molar refractivity (Wildman–Crippen MR) is 154 cm³/mol. The van der Waals surface area contributed by atoms with Gasteiger partial charge < -0.3 is 25.6 Å². The first-order valence-electron chi connectivity index (χ1n) is 12.2. The van der Waals surface area contributed by atoms with Gasteiger partial charge in [-0.05, 0) is 18.2 Å². The minimum Gasteiger partial charge on any atom is -0.494 e. The third-order valence-electron chi connectivity index (χ3n) is 5.90. The number of ether oxygens (including phenoxy) is 1. The van der Waals surface area contributed by atoms with Crippen molar-refractivity contribution in [3.8, 4) is 17.0 Å². The number of benzene rings is 2. The van der Waals surface area contributed by atoms with Gasteiger partial charge in [0.2, 0.25) is 11.9 Å². The van der Waals surface area contributed by atoms with Gasteiger partial charge in [-0.25, -0.2) is 14.4 Å². The molecule has 198 valence electrons. The maximum absolute atomic E-state index is 14.8. The van der Waals surface area contributed by atoms with E-state index >= 15 is 0 Å². The number of carbonyl (C=O) groups excluding carboxylic acids is 1. The molecule has 2 aromatic carbocycles. The number of carbonyl (C=O) groups is 1. The van der Waals surface area contributed by atoms with Crippen LogP contribution < -0.4 is 25.6 Å². The van der Waals surface area contributed by atoms with E-state index in [4.69, 9.17) is 4.74 Å². The zero-order chi connectivity index (χ0) is 27.2. The number of anilines is 4. The molecule has 2 heterocycles. The van der Waals surface area contributed by atoms with Crippen molar-refractivity contribution in [3.05, 3.63) is 66.4 Å². The van der Waals surface area contributed by atoms with Crippen LogP contribution >= 0.6 is 11.3 Å². The van der Waals surface area contributed by atoms with Gasteiger partial charge >= 0.3 is 0 Å². The third-order valence-corrected chi connectivity index (χ3v) is 6.86. The van der Waals surface area contributed by atoms with E-state index in [0.717, 1.165) is 28.5 Å². The Hall–Kier alpha value is -4.02. The number of aromatic nitrogens is 2. The van der Waals surface area contributed by atoms with Crippen LogP contribution in [0.5, 0.6) is 5.75 Å². The average molecular weight is 535 g/mol. The molecule has 10 heteroatoms. The van der Waals surface area contributed by atoms with Crippen LogP contribution in [0.3, 0.4) is 0 Å². The molecule has 4 rings (SSSR count). The first-order chi connectivity index (χ1) is 18.3. The van der Waals surface area contributed by atoms with Crippen molar-refractivity contribution >= 4 is 50.3 Å². The minimum absolute atomic E-state index is 0.193. The van der Waals surface area contributed by atoms with Crippen LogP contribution in [0.15, 0.2) is 60.6 Å². The number of rotatable bonds is 11. The molecule has 0 fully saturated rings. The number of methoxy groups -OCH3 is 1. The number of likely N-dealkylation sites (N-methyl/N-ethyl adjacent to an activating group) is 1. The fraction of sp³-hybridized carbons (Fsp3) is 0.250. The molecule has 4 aromatic rings. The van der Waals surface area contributed by atoms with Crippen LogP contribution in [-0.2, 0) is 4.79 Å². The largest absolute Gasteiger partial charge is 0.494 e. The fourth-order valence-electron chi connectivity index (χ4n) is 3.97. The molecule has 0 unspecified atom stereocenters. The van der Waals surface area contributed by atoms with E-state index in [-0.39, 0.29) is 17.5 Å². The number of thiophene rings is 1. The van der Waals surface area contributed by atoms with Gasteiger partial charge in [-0.3, -0.25) is 4.79 Å². The summed E-state index contributed by atoms with van der Waals surface area (Å²) >= 11 is 1.53. The molecule has 2 aromatic heterocycles. The summed E-state index contributed by atoms with van der Waals surface area (Å²) in [5.74, 6) is -0.161. The number of hydrogen-bond acceptors (Lipinski definition) is 8. The Morgan fingerprint density at radius 3 is 2.79 bits per heavy atom. The Labute approximate surface area is 225 Å². The number of halogens is 1. The molecule has 0 radical (unpaired) electrons. The lowest BCUT2D eigenvalue weighted by Gasteiger charge is -2.25. The summed E-state index contributed by atoms with van der Waals surface area (Å²) in [7, 11) is 3.50. The van der Waals surface area contributed by atoms with Crippen molar-refractivity contribution < 1.29 is 13.9 Å². The summed E-state index contributed by atoms with van der Waals surface area (Å²) in [4.78, 5) is 22.9. The lowest BCUT2D eigenvalue weighted by molar-refractivity contribution is -0.111. The smallest absolute Gasteiger partial charge is 0.247 e. The van der Waals surface area contributed by atoms with Gasteiger partial charge in [0.05, 0.1) is 30.4 Å². The summed E-state index contributed by atoms with van der Waals surface area (Å²) in [5.41, 5.74) is 2.73. The highest BCUT2D eigenvalue weighted by molar-refractivity contribution is 7.17. The van der Waals surface area contributed by atoms with Crippen LogP contribution in [0.1, 0.15) is 13.8 Å². The molecule has 0 spiro atoms. The van der Waals surface area contributed by atoms with Gasteiger partial charge in [0.1, 0.15) is 11.4 Å². The second-order valence-corrected chi connectivity index (χ2v) is 9.87. The Bertz CT molecular complexity index is 1450. The highest BCUT2D eigenvalue weighted by atomic mass is 32.1. The van der Waals surface area contributed by atoms with Crippen molar-refractivity contribution in [2.45, 2.75) is 19.9 Å². The summed E-state index contributed by atoms with van der Waals surface area (Å²) in [6, 6.07) is 11.7. The summed E-state index contributed by atoms with van der Waals surface area (Å²) in [5, 5.41) is 12.2. The van der Waals surface area contributed by atoms with Crippen LogP contribution in [0.25, 0.3) is 21.3 Å². The van der Waals surface area contributed by atoms with Crippen molar-refractivity contribution in [2.24, 2.45) is 0 Å². The molecule has 1 amide bonds. The van der Waals surface area contributed by atoms with E-state index in [2.05, 4.69) is 46.3 Å². The standard InChI is InChI=1S/C28H31FN6O2S/c1-6-26(36)32-21-13-22(24(37-5)14-23(21)35(4)12-11-30-17(2)3)33-28-31-15-20(29)27(34-28)19-16-38-25-10-8-7-9-18(19)25/h6-10,13-17,30H,1,11-12H2,2-5H3,(H,32,36)(H,31,33,34). The highest BCUT2D eigenvalue weighted by Crippen LogP contribution is 2.39. The molecule has 0 saturated carbocycles. The molecule has 0 bridgehead atoms. The Morgan fingerprint density at radius 2 is 2.05 bits per heavy atom. The van der Waals surface area contributed by atoms with Crippen LogP contribution in [0.2, 0.25) is 0 Å². The van der Waals surface area contributed by atoms with E-state index in [9.17, 15) is 9.18 Å². The molecule has 8 nitrogen and oxygen atoms in total. The first-order valence-corrected chi connectivity index (χ1v) is 13.0. The molecular formula is C28H31FN6O2S. The molecular weight excluding hydrogens is 503 g/mol. The number of fused-ring (bicyclic) bond motifs is 1. The number of amides is 1. The zero-order valence-electron chi connectivity index (χ0n) is 21.8. The predicted octanol–water partition coefficient (Wildman–Crippen LogP) is 5.81. The topological polar surface area (TPSA) is 91.4 Å². The third kappa shape index (κ3) is 6.09. The Kier molecular flexibility index (Phi) is 8.55. The molecule has 0 aliphatic carbocycles. The average Bonchev–Trinajstić information content (AvgIpc) is 3.33. The number of nitrogens with zero attached hydrogens (tertiary/aromatic N) is 3. The van der Waals surface area contributed by atoms with E-state index in [0.29, 0.717) is 35.3 Å². The lowest BCUT2D eigenvalue weighted by Crippen LogP contribution is -2.33. The molecule has 0 aliphatic rings. The summed E-state index contributed by atoms with van der Waals surface area (Å²) in [6.07, 6.45) is 2.36. The summed E-state index contributed by atoms with van der Waals surface area (Å²) < 4.78 is 21.5. The van der Waals surface area contributed by atoms with Crippen LogP contribution in [0.4, 0.5) is 27.4 Å². The SMILES string of the molecule is C=CC(=O)Nc1cc(Nc2ncc(F)c(-c3csc4ccccc34)n2)c(OC)cc1N(C)CCNC(C)C. The quantitative estimate of drug-likeness (QED) is 0.209. The number of nitrogens with one attached hydrogen (secondary N) is 3. The van der Waals surface area contributed by atoms with Crippen LogP contribution in [0, 0.1) is 5.82 Å². The van der Waals surface area contributed by atoms with Crippen molar-refractivity contribution in [3.63, 3.8) is 0 Å². The summed E-state index contributed by atoms with van der Waals surface area (Å²) in [6.45, 7) is 9.19. The van der Waals surface area contributed by atoms with E-state index in [1.165, 1.54) is 17.4 Å². The van der Waals surface area contributed by atoms with Crippen molar-refractivity contribution in [1.82, 2.24) is 15.3 Å². The van der Waals surface area contributed by atoms with E-state index in [1.54, 1.807) is 13.2 Å². The lowest BCUT2D eigenvalue weighted by atomic mass is 10.1. The minimum atomic E-state index is -0.517. The maximum atomic E-state index is 14.8. The zero-order valence-corrected chi connectivity index (χ0v) is 22.7. The molecule has 3 N–H and O–H groups in total. The van der Waals surface area contributed by atoms with Gasteiger partial charge in [0.25, 0.3) is 0 Å². The van der Waals surface area contributed by atoms with Crippen molar-refractivity contribution in [1.29, 1.82) is 0 Å². The second kappa shape index (κ2) is 12.0. The monoisotopic (exact) mass is 534 g/mol. The maximum Gasteiger partial charge on any atom is 0.247 e. The van der Waals surface area contributed by atoms with Gasteiger partial charge in [0.15, 0.2) is 5.82 Å². The number of hydrogen-bond donors (Lipinski definition) is 3. The normalized spacial score (nSPS) is 11.0. The van der Waals surface area contributed by atoms with Crippen molar-refractivity contribution in [2.75, 3.05) is 42.8 Å². The van der Waals surface area contributed by atoms with Gasteiger partial charge in [-0.2, -0.15) is 0 Å². The second-order valence-electron chi connectivity index (χ2n) is 8.95. The first kappa shape index (κ1) is 27.0. The molecule has 0 aliphatic heterocycles. The van der Waals surface area contributed by atoms with Crippen LogP contribution in [-0.4, -0.2) is 49.2 Å². The Morgan fingerprint density at radius 1 is 1.26 bits per heavy atom. The fourth-order valence-corrected chi connectivity index (χ4v) is 4.92. The van der Waals surface area contributed by atoms with E-state index < -0.39 is 5.82 Å². The molecule has 0 saturated heterocycles. The molecule has 0 atom stereocenters. The highest BCUT2D eigenvalue weighted by Gasteiger charge is 2.18. The van der Waals surface area contributed by atoms with Gasteiger partial charge in [-0.1, -0.05) is 38.6 Å². The molecule has 38 heavy (non-hydrogen) atoms. The van der Waals surface area contributed by atoms with Gasteiger partial charge in [-0.15, -0.1) is 11.3 Å². The van der Waals surface area contributed by atoms with Gasteiger partial charge in [0, 0.05) is 53.3 Å². The Balaban J connectivity index is 1.69.